The van der Waals surface area contributed by atoms with Crippen molar-refractivity contribution in [2.45, 2.75) is 12.8 Å². The third-order valence-electron chi connectivity index (χ3n) is 5.36. The molecule has 0 atom stereocenters. The first-order valence-corrected chi connectivity index (χ1v) is 11.2. The average molecular weight is 447 g/mol. The quantitative estimate of drug-likeness (QED) is 0.183. The second-order valence-corrected chi connectivity index (χ2v) is 7.78. The Morgan fingerprint density at radius 2 is 0.971 bits per heavy atom. The monoisotopic (exact) mass is 446 g/mol. The van der Waals surface area contributed by atoms with Crippen molar-refractivity contribution >= 4 is 5.78 Å². The van der Waals surface area contributed by atoms with Crippen LogP contribution in [0.1, 0.15) is 27.0 Å². The predicted molar refractivity (Wildman–Crippen MR) is 137 cm³/mol. The van der Waals surface area contributed by atoms with E-state index < -0.39 is 0 Å². The maximum absolute atomic E-state index is 13.0. The van der Waals surface area contributed by atoms with E-state index in [0.29, 0.717) is 22.6 Å². The third kappa shape index (κ3) is 5.51. The zero-order valence-electron chi connectivity index (χ0n) is 18.9. The van der Waals surface area contributed by atoms with Crippen LogP contribution in [0.4, 0.5) is 0 Å². The van der Waals surface area contributed by atoms with Crippen molar-refractivity contribution in [3.05, 3.63) is 145 Å². The molecule has 0 aliphatic carbocycles. The van der Waals surface area contributed by atoms with E-state index in [2.05, 4.69) is 13.2 Å². The standard InChI is InChI=1S/C31H26O3/c1-3-9-23-11-5-7-13-29(23)33-27-19-15-25(16-20-27)31(32)26-17-21-28(22-18-26)34-30-14-8-6-12-24(30)10-4-2/h3-8,11-22H,1-2,9-10H2. The molecule has 0 aliphatic rings. The minimum Gasteiger partial charge on any atom is -0.457 e. The van der Waals surface area contributed by atoms with Crippen LogP contribution in [0.15, 0.2) is 122 Å². The number of carbonyl (C=O) groups is 1. The lowest BCUT2D eigenvalue weighted by Gasteiger charge is -2.11. The molecule has 4 aromatic carbocycles. The third-order valence-corrected chi connectivity index (χ3v) is 5.36. The highest BCUT2D eigenvalue weighted by Gasteiger charge is 2.11. The zero-order valence-corrected chi connectivity index (χ0v) is 18.9. The van der Waals surface area contributed by atoms with Gasteiger partial charge in [0.25, 0.3) is 0 Å². The molecule has 0 bridgehead atoms. The second-order valence-electron chi connectivity index (χ2n) is 7.78. The molecule has 0 radical (unpaired) electrons. The number of carbonyl (C=O) groups excluding carboxylic acids is 1. The minimum atomic E-state index is -0.0581. The first-order valence-electron chi connectivity index (χ1n) is 11.2. The van der Waals surface area contributed by atoms with E-state index in [0.717, 1.165) is 35.5 Å². The fraction of sp³-hybridized carbons (Fsp3) is 0.0645. The van der Waals surface area contributed by atoms with E-state index in [1.54, 1.807) is 24.3 Å². The van der Waals surface area contributed by atoms with Crippen molar-refractivity contribution in [3.63, 3.8) is 0 Å². The van der Waals surface area contributed by atoms with Gasteiger partial charge in [0.15, 0.2) is 5.78 Å². The molecule has 4 rings (SSSR count). The van der Waals surface area contributed by atoms with Crippen LogP contribution in [0.2, 0.25) is 0 Å². The molecule has 0 fully saturated rings. The molecule has 0 saturated heterocycles. The normalized spacial score (nSPS) is 10.4. The Kier molecular flexibility index (Phi) is 7.36. The van der Waals surface area contributed by atoms with Crippen LogP contribution in [-0.4, -0.2) is 5.78 Å². The minimum absolute atomic E-state index is 0.0581. The van der Waals surface area contributed by atoms with Gasteiger partial charge in [-0.15, -0.1) is 13.2 Å². The number of ketones is 1. The topological polar surface area (TPSA) is 35.5 Å². The molecule has 0 saturated carbocycles. The fourth-order valence-electron chi connectivity index (χ4n) is 3.62. The van der Waals surface area contributed by atoms with Crippen LogP contribution >= 0.6 is 0 Å². The Balaban J connectivity index is 1.44. The number of allylic oxidation sites excluding steroid dienone is 2. The molecule has 0 N–H and O–H groups in total. The molecule has 0 heterocycles. The van der Waals surface area contributed by atoms with E-state index in [4.69, 9.17) is 9.47 Å². The maximum Gasteiger partial charge on any atom is 0.193 e. The summed E-state index contributed by atoms with van der Waals surface area (Å²) in [6.07, 6.45) is 5.15. The van der Waals surface area contributed by atoms with E-state index in [9.17, 15) is 4.79 Å². The summed E-state index contributed by atoms with van der Waals surface area (Å²) in [5, 5.41) is 0. The van der Waals surface area contributed by atoms with Gasteiger partial charge in [-0.1, -0.05) is 48.6 Å². The van der Waals surface area contributed by atoms with Gasteiger partial charge in [-0.05, 0) is 84.6 Å². The van der Waals surface area contributed by atoms with Crippen molar-refractivity contribution in [1.29, 1.82) is 0 Å². The first-order chi connectivity index (χ1) is 16.7. The lowest BCUT2D eigenvalue weighted by molar-refractivity contribution is 0.103. The highest BCUT2D eigenvalue weighted by atomic mass is 16.5. The summed E-state index contributed by atoms with van der Waals surface area (Å²) in [6.45, 7) is 7.59. The summed E-state index contributed by atoms with van der Waals surface area (Å²) in [6, 6.07) is 30.1. The molecule has 0 spiro atoms. The van der Waals surface area contributed by atoms with E-state index in [1.165, 1.54) is 0 Å². The molecular weight excluding hydrogens is 420 g/mol. The van der Waals surface area contributed by atoms with Crippen LogP contribution in [0, 0.1) is 0 Å². The van der Waals surface area contributed by atoms with Gasteiger partial charge in [0, 0.05) is 11.1 Å². The van der Waals surface area contributed by atoms with Gasteiger partial charge in [0.05, 0.1) is 0 Å². The van der Waals surface area contributed by atoms with Gasteiger partial charge < -0.3 is 9.47 Å². The highest BCUT2D eigenvalue weighted by Crippen LogP contribution is 2.28. The Morgan fingerprint density at radius 1 is 0.588 bits per heavy atom. The second kappa shape index (κ2) is 11.0. The lowest BCUT2D eigenvalue weighted by atomic mass is 10.0. The summed E-state index contributed by atoms with van der Waals surface area (Å²) in [4.78, 5) is 13.0. The fourth-order valence-corrected chi connectivity index (χ4v) is 3.62. The van der Waals surface area contributed by atoms with Crippen molar-refractivity contribution in [3.8, 4) is 23.0 Å². The molecule has 3 nitrogen and oxygen atoms in total. The van der Waals surface area contributed by atoms with Crippen LogP contribution < -0.4 is 9.47 Å². The van der Waals surface area contributed by atoms with Crippen LogP contribution in [0.3, 0.4) is 0 Å². The molecular formula is C31H26O3. The number of para-hydroxylation sites is 2. The summed E-state index contributed by atoms with van der Waals surface area (Å²) < 4.78 is 12.0. The first kappa shape index (κ1) is 22.8. The highest BCUT2D eigenvalue weighted by molar-refractivity contribution is 6.09. The Bertz CT molecular complexity index is 1180. The molecule has 34 heavy (non-hydrogen) atoms. The number of rotatable bonds is 10. The van der Waals surface area contributed by atoms with Crippen molar-refractivity contribution in [2.75, 3.05) is 0 Å². The number of hydrogen-bond acceptors (Lipinski definition) is 3. The van der Waals surface area contributed by atoms with Gasteiger partial charge in [-0.3, -0.25) is 4.79 Å². The van der Waals surface area contributed by atoms with Crippen LogP contribution in [0.5, 0.6) is 23.0 Å². The van der Waals surface area contributed by atoms with Gasteiger partial charge in [-0.25, -0.2) is 0 Å². The van der Waals surface area contributed by atoms with Gasteiger partial charge in [-0.2, -0.15) is 0 Å². The average Bonchev–Trinajstić information content (AvgIpc) is 2.87. The Hall–Kier alpha value is -4.37. The summed E-state index contributed by atoms with van der Waals surface area (Å²) in [5.41, 5.74) is 3.31. The summed E-state index contributed by atoms with van der Waals surface area (Å²) in [7, 11) is 0. The lowest BCUT2D eigenvalue weighted by Crippen LogP contribution is -2.01. The van der Waals surface area contributed by atoms with Crippen molar-refractivity contribution < 1.29 is 14.3 Å². The van der Waals surface area contributed by atoms with Gasteiger partial charge >= 0.3 is 0 Å². The summed E-state index contributed by atoms with van der Waals surface area (Å²) in [5.74, 6) is 2.86. The molecule has 0 aliphatic heterocycles. The van der Waals surface area contributed by atoms with Crippen molar-refractivity contribution in [1.82, 2.24) is 0 Å². The maximum atomic E-state index is 13.0. The predicted octanol–water partition coefficient (Wildman–Crippen LogP) is 7.96. The van der Waals surface area contributed by atoms with Gasteiger partial charge in [0.2, 0.25) is 0 Å². The number of hydrogen-bond donors (Lipinski definition) is 0. The summed E-state index contributed by atoms with van der Waals surface area (Å²) >= 11 is 0. The Morgan fingerprint density at radius 3 is 1.35 bits per heavy atom. The van der Waals surface area contributed by atoms with Crippen molar-refractivity contribution in [2.24, 2.45) is 0 Å². The molecule has 0 amide bonds. The van der Waals surface area contributed by atoms with E-state index in [-0.39, 0.29) is 5.78 Å². The zero-order chi connectivity index (χ0) is 23.8. The molecule has 0 aromatic heterocycles. The number of benzene rings is 4. The number of ether oxygens (including phenoxy) is 2. The molecule has 4 aromatic rings. The molecule has 3 heteroatoms. The van der Waals surface area contributed by atoms with Crippen LogP contribution in [-0.2, 0) is 12.8 Å². The smallest absolute Gasteiger partial charge is 0.193 e. The van der Waals surface area contributed by atoms with Gasteiger partial charge in [0.1, 0.15) is 23.0 Å². The van der Waals surface area contributed by atoms with E-state index in [1.807, 2.05) is 84.9 Å². The largest absolute Gasteiger partial charge is 0.457 e. The molecule has 0 unspecified atom stereocenters. The van der Waals surface area contributed by atoms with Crippen LogP contribution in [0.25, 0.3) is 0 Å². The van der Waals surface area contributed by atoms with E-state index >= 15 is 0 Å². The SMILES string of the molecule is C=CCc1ccccc1Oc1ccc(C(=O)c2ccc(Oc3ccccc3CC=C)cc2)cc1. The molecule has 168 valence electrons. The Labute approximate surface area is 200 Å².